The third-order valence-electron chi connectivity index (χ3n) is 4.89. The molecule has 0 aliphatic carbocycles. The van der Waals surface area contributed by atoms with Crippen molar-refractivity contribution in [3.05, 3.63) is 78.2 Å². The first-order valence-electron chi connectivity index (χ1n) is 10.1. The number of benzene rings is 2. The maximum absolute atomic E-state index is 12.4. The van der Waals surface area contributed by atoms with Crippen molar-refractivity contribution in [2.45, 2.75) is 14.9 Å². The Morgan fingerprint density at radius 1 is 1.09 bits per heavy atom. The maximum Gasteiger partial charge on any atom is 0.256 e. The molecule has 2 aromatic heterocycles. The van der Waals surface area contributed by atoms with Crippen LogP contribution < -0.4 is 5.32 Å². The number of carbonyl (C=O) groups is 2. The first-order chi connectivity index (χ1) is 16.2. The standard InChI is InChI=1S/C22H18N6O2S3/c29-14-27-11-12-31-20(27)18-25-26-21(28(18)16-9-5-2-6-10-16)33-22-23-13-17(32-22)24-19(30)15-7-3-1-4-8-15/h1-10,13-14,20H,11-12H2,(H,24,30). The Hall–Kier alpha value is -3.15. The molecule has 166 valence electrons. The molecule has 1 saturated heterocycles. The zero-order valence-corrected chi connectivity index (χ0v) is 19.6. The molecule has 0 bridgehead atoms. The summed E-state index contributed by atoms with van der Waals surface area (Å²) in [5, 5.41) is 12.8. The molecule has 8 nitrogen and oxygen atoms in total. The van der Waals surface area contributed by atoms with Gasteiger partial charge in [-0.3, -0.25) is 14.2 Å². The van der Waals surface area contributed by atoms with E-state index in [-0.39, 0.29) is 11.3 Å². The van der Waals surface area contributed by atoms with Crippen LogP contribution in [-0.2, 0) is 4.79 Å². The second-order valence-electron chi connectivity index (χ2n) is 6.99. The van der Waals surface area contributed by atoms with Gasteiger partial charge in [0.1, 0.15) is 10.4 Å². The minimum atomic E-state index is -0.193. The van der Waals surface area contributed by atoms with Crippen LogP contribution >= 0.6 is 34.9 Å². The quantitative estimate of drug-likeness (QED) is 0.382. The van der Waals surface area contributed by atoms with Gasteiger partial charge in [0.15, 0.2) is 10.2 Å². The third-order valence-corrected chi connectivity index (χ3v) is 8.04. The number of para-hydroxylation sites is 1. The van der Waals surface area contributed by atoms with Crippen LogP contribution in [0.5, 0.6) is 0 Å². The van der Waals surface area contributed by atoms with Crippen LogP contribution in [-0.4, -0.2) is 49.3 Å². The van der Waals surface area contributed by atoms with Crippen molar-refractivity contribution in [1.29, 1.82) is 0 Å². The van der Waals surface area contributed by atoms with Gasteiger partial charge in [-0.25, -0.2) is 4.98 Å². The molecular weight excluding hydrogens is 476 g/mol. The number of thioether (sulfide) groups is 1. The Bertz CT molecular complexity index is 1260. The van der Waals surface area contributed by atoms with Gasteiger partial charge in [0.05, 0.1) is 6.20 Å². The lowest BCUT2D eigenvalue weighted by Crippen LogP contribution is -2.23. The van der Waals surface area contributed by atoms with Crippen molar-refractivity contribution in [3.63, 3.8) is 0 Å². The highest BCUT2D eigenvalue weighted by Gasteiger charge is 2.32. The fourth-order valence-corrected chi connectivity index (χ4v) is 6.38. The van der Waals surface area contributed by atoms with E-state index in [1.165, 1.54) is 23.1 Å². The van der Waals surface area contributed by atoms with E-state index in [0.29, 0.717) is 28.1 Å². The molecular formula is C22H18N6O2S3. The first kappa shape index (κ1) is 21.7. The lowest BCUT2D eigenvalue weighted by molar-refractivity contribution is -0.118. The van der Waals surface area contributed by atoms with Gasteiger partial charge in [-0.05, 0) is 36.0 Å². The predicted molar refractivity (Wildman–Crippen MR) is 130 cm³/mol. The van der Waals surface area contributed by atoms with Gasteiger partial charge in [-0.2, -0.15) is 0 Å². The second kappa shape index (κ2) is 9.77. The zero-order chi connectivity index (χ0) is 22.6. The Morgan fingerprint density at radius 3 is 2.61 bits per heavy atom. The number of amides is 2. The van der Waals surface area contributed by atoms with Gasteiger partial charge in [0.2, 0.25) is 11.6 Å². The Balaban J connectivity index is 1.41. The van der Waals surface area contributed by atoms with E-state index in [1.54, 1.807) is 35.0 Å². The first-order valence-corrected chi connectivity index (χ1v) is 12.7. The lowest BCUT2D eigenvalue weighted by atomic mass is 10.2. The molecule has 0 saturated carbocycles. The van der Waals surface area contributed by atoms with E-state index in [0.717, 1.165) is 22.2 Å². The van der Waals surface area contributed by atoms with Gasteiger partial charge in [0, 0.05) is 23.5 Å². The fraction of sp³-hybridized carbons (Fsp3) is 0.136. The molecule has 1 atom stereocenters. The molecule has 1 aliphatic rings. The Kier molecular flexibility index (Phi) is 6.42. The largest absolute Gasteiger partial charge is 0.325 e. The molecule has 1 fully saturated rings. The predicted octanol–water partition coefficient (Wildman–Crippen LogP) is 4.33. The molecule has 0 spiro atoms. The zero-order valence-electron chi connectivity index (χ0n) is 17.2. The highest BCUT2D eigenvalue weighted by atomic mass is 32.2. The number of nitrogens with zero attached hydrogens (tertiary/aromatic N) is 5. The van der Waals surface area contributed by atoms with E-state index in [1.807, 2.05) is 53.1 Å². The lowest BCUT2D eigenvalue weighted by Gasteiger charge is -2.19. The van der Waals surface area contributed by atoms with Crippen LogP contribution in [0.3, 0.4) is 0 Å². The summed E-state index contributed by atoms with van der Waals surface area (Å²) in [7, 11) is 0. The van der Waals surface area contributed by atoms with Crippen LogP contribution in [0.2, 0.25) is 0 Å². The number of aromatic nitrogens is 4. The number of hydrogen-bond acceptors (Lipinski definition) is 8. The van der Waals surface area contributed by atoms with Crippen LogP contribution in [0.15, 0.2) is 76.4 Å². The Morgan fingerprint density at radius 2 is 1.85 bits per heavy atom. The Labute approximate surface area is 202 Å². The number of carbonyl (C=O) groups excluding carboxylic acids is 2. The molecule has 1 unspecified atom stereocenters. The van der Waals surface area contributed by atoms with Crippen molar-refractivity contribution in [2.24, 2.45) is 0 Å². The SMILES string of the molecule is O=CN1CCSC1c1nnc(Sc2ncc(NC(=O)c3ccccc3)s2)n1-c1ccccc1. The minimum Gasteiger partial charge on any atom is -0.325 e. The van der Waals surface area contributed by atoms with Crippen LogP contribution in [0.4, 0.5) is 5.00 Å². The van der Waals surface area contributed by atoms with Crippen molar-refractivity contribution in [3.8, 4) is 5.69 Å². The average Bonchev–Trinajstić information content (AvgIpc) is 3.60. The van der Waals surface area contributed by atoms with E-state index >= 15 is 0 Å². The monoisotopic (exact) mass is 494 g/mol. The summed E-state index contributed by atoms with van der Waals surface area (Å²) in [6.45, 7) is 0.680. The molecule has 1 N–H and O–H groups in total. The summed E-state index contributed by atoms with van der Waals surface area (Å²) in [5.41, 5.74) is 1.50. The van der Waals surface area contributed by atoms with Gasteiger partial charge in [-0.1, -0.05) is 47.7 Å². The number of rotatable bonds is 7. The van der Waals surface area contributed by atoms with Gasteiger partial charge < -0.3 is 10.2 Å². The van der Waals surface area contributed by atoms with Gasteiger partial charge >= 0.3 is 0 Å². The minimum absolute atomic E-state index is 0.183. The number of thiazole rings is 1. The van der Waals surface area contributed by atoms with Crippen LogP contribution in [0.1, 0.15) is 21.6 Å². The normalized spacial score (nSPS) is 15.5. The number of anilines is 1. The summed E-state index contributed by atoms with van der Waals surface area (Å²) in [6, 6.07) is 18.9. The van der Waals surface area contributed by atoms with Crippen LogP contribution in [0, 0.1) is 0 Å². The van der Waals surface area contributed by atoms with E-state index in [4.69, 9.17) is 0 Å². The second-order valence-corrected chi connectivity index (χ2v) is 10.4. The molecule has 0 radical (unpaired) electrons. The van der Waals surface area contributed by atoms with Gasteiger partial charge in [0.25, 0.3) is 5.91 Å². The third kappa shape index (κ3) is 4.65. The molecule has 5 rings (SSSR count). The summed E-state index contributed by atoms with van der Waals surface area (Å²) < 4.78 is 2.69. The molecule has 33 heavy (non-hydrogen) atoms. The highest BCUT2D eigenvalue weighted by molar-refractivity contribution is 8.01. The van der Waals surface area contributed by atoms with E-state index in [9.17, 15) is 9.59 Å². The maximum atomic E-state index is 12.4. The summed E-state index contributed by atoms with van der Waals surface area (Å²) >= 11 is 4.41. The van der Waals surface area contributed by atoms with Crippen LogP contribution in [0.25, 0.3) is 5.69 Å². The molecule has 2 amide bonds. The molecule has 11 heteroatoms. The van der Waals surface area contributed by atoms with Crippen molar-refractivity contribution < 1.29 is 9.59 Å². The molecule has 3 heterocycles. The van der Waals surface area contributed by atoms with E-state index < -0.39 is 0 Å². The molecule has 1 aliphatic heterocycles. The van der Waals surface area contributed by atoms with Gasteiger partial charge in [-0.15, -0.1) is 22.0 Å². The van der Waals surface area contributed by atoms with Crippen molar-refractivity contribution in [1.82, 2.24) is 24.6 Å². The van der Waals surface area contributed by atoms with E-state index in [2.05, 4.69) is 20.5 Å². The fourth-order valence-electron chi connectivity index (χ4n) is 3.36. The topological polar surface area (TPSA) is 93.0 Å². The summed E-state index contributed by atoms with van der Waals surface area (Å²) in [6.07, 6.45) is 2.50. The molecule has 4 aromatic rings. The number of nitrogens with one attached hydrogen (secondary N) is 1. The highest BCUT2D eigenvalue weighted by Crippen LogP contribution is 2.40. The van der Waals surface area contributed by atoms with Crippen molar-refractivity contribution in [2.75, 3.05) is 17.6 Å². The smallest absolute Gasteiger partial charge is 0.256 e. The summed E-state index contributed by atoms with van der Waals surface area (Å²) in [4.78, 5) is 30.2. The number of hydrogen-bond donors (Lipinski definition) is 1. The molecule has 2 aromatic carbocycles. The summed E-state index contributed by atoms with van der Waals surface area (Å²) in [5.74, 6) is 1.37. The average molecular weight is 495 g/mol. The van der Waals surface area contributed by atoms with Crippen molar-refractivity contribution >= 4 is 52.2 Å².